The number of hydrogen-bond acceptors (Lipinski definition) is 3. The summed E-state index contributed by atoms with van der Waals surface area (Å²) in [4.78, 5) is 29.1. The number of pyridine rings is 2. The number of halogens is 1. The van der Waals surface area contributed by atoms with Crippen LogP contribution in [0.25, 0.3) is 11.0 Å². The zero-order valence-corrected chi connectivity index (χ0v) is 14.2. The van der Waals surface area contributed by atoms with Gasteiger partial charge in [0.1, 0.15) is 11.2 Å². The molecule has 0 saturated heterocycles. The second-order valence-electron chi connectivity index (χ2n) is 5.25. The maximum atomic E-state index is 12.5. The first-order valence-electron chi connectivity index (χ1n) is 6.99. The number of rotatable bonds is 2. The van der Waals surface area contributed by atoms with E-state index < -0.39 is 5.91 Å². The van der Waals surface area contributed by atoms with Gasteiger partial charge in [-0.3, -0.25) is 14.2 Å². The minimum atomic E-state index is -0.429. The largest absolute Gasteiger partial charge is 0.322 e. The van der Waals surface area contributed by atoms with E-state index in [2.05, 4.69) is 26.2 Å². The number of hydrogen-bond donors (Lipinski definition) is 1. The summed E-state index contributed by atoms with van der Waals surface area (Å²) in [5.41, 5.74) is 1.85. The van der Waals surface area contributed by atoms with Crippen molar-refractivity contribution in [1.29, 1.82) is 0 Å². The van der Waals surface area contributed by atoms with Crippen molar-refractivity contribution in [1.82, 2.24) is 9.55 Å². The molecule has 0 bridgehead atoms. The predicted molar refractivity (Wildman–Crippen MR) is 93.8 cm³/mol. The fourth-order valence-electron chi connectivity index (χ4n) is 2.42. The van der Waals surface area contributed by atoms with Crippen molar-refractivity contribution < 1.29 is 4.79 Å². The van der Waals surface area contributed by atoms with Crippen molar-refractivity contribution in [2.24, 2.45) is 7.05 Å². The Morgan fingerprint density at radius 3 is 2.78 bits per heavy atom. The topological polar surface area (TPSA) is 64.0 Å². The third kappa shape index (κ3) is 2.90. The Kier molecular flexibility index (Phi) is 4.00. The van der Waals surface area contributed by atoms with Crippen LogP contribution in [0.4, 0.5) is 5.69 Å². The average molecular weight is 372 g/mol. The van der Waals surface area contributed by atoms with Crippen LogP contribution in [0.3, 0.4) is 0 Å². The molecule has 1 aromatic carbocycles. The van der Waals surface area contributed by atoms with Gasteiger partial charge in [0.2, 0.25) is 0 Å². The number of benzene rings is 1. The van der Waals surface area contributed by atoms with Gasteiger partial charge in [-0.1, -0.05) is 15.9 Å². The molecule has 0 radical (unpaired) electrons. The molecule has 116 valence electrons. The van der Waals surface area contributed by atoms with Crippen LogP contribution < -0.4 is 10.9 Å². The van der Waals surface area contributed by atoms with Crippen LogP contribution >= 0.6 is 15.9 Å². The van der Waals surface area contributed by atoms with Crippen LogP contribution in [0.15, 0.2) is 51.9 Å². The maximum absolute atomic E-state index is 12.5. The van der Waals surface area contributed by atoms with E-state index in [0.717, 1.165) is 15.4 Å². The Labute approximate surface area is 141 Å². The van der Waals surface area contributed by atoms with Gasteiger partial charge in [0.15, 0.2) is 0 Å². The van der Waals surface area contributed by atoms with E-state index in [1.807, 2.05) is 25.1 Å². The summed E-state index contributed by atoms with van der Waals surface area (Å²) >= 11 is 3.38. The third-order valence-corrected chi connectivity index (χ3v) is 4.14. The molecule has 6 heteroatoms. The van der Waals surface area contributed by atoms with Crippen molar-refractivity contribution in [3.63, 3.8) is 0 Å². The fourth-order valence-corrected chi connectivity index (χ4v) is 2.89. The van der Waals surface area contributed by atoms with E-state index in [9.17, 15) is 9.59 Å². The Hall–Kier alpha value is -2.47. The second kappa shape index (κ2) is 5.96. The lowest BCUT2D eigenvalue weighted by molar-refractivity contribution is 0.102. The van der Waals surface area contributed by atoms with Crippen LogP contribution in [-0.2, 0) is 7.05 Å². The van der Waals surface area contributed by atoms with E-state index in [-0.39, 0.29) is 11.1 Å². The number of fused-ring (bicyclic) bond motifs is 1. The molecule has 0 unspecified atom stereocenters. The minimum absolute atomic E-state index is 0.0929. The molecular formula is C17H14BrN3O2. The van der Waals surface area contributed by atoms with Crippen LogP contribution in [-0.4, -0.2) is 15.5 Å². The summed E-state index contributed by atoms with van der Waals surface area (Å²) in [5.74, 6) is -0.429. The molecule has 1 amide bonds. The summed E-state index contributed by atoms with van der Waals surface area (Å²) in [5, 5.41) is 3.54. The van der Waals surface area contributed by atoms with Gasteiger partial charge in [0, 0.05) is 28.8 Å². The molecular weight excluding hydrogens is 358 g/mol. The molecule has 3 rings (SSSR count). The molecule has 0 aliphatic carbocycles. The Morgan fingerprint density at radius 1 is 1.26 bits per heavy atom. The lowest BCUT2D eigenvalue weighted by atomic mass is 10.1. The first kappa shape index (κ1) is 15.4. The minimum Gasteiger partial charge on any atom is -0.322 e. The van der Waals surface area contributed by atoms with Crippen molar-refractivity contribution in [3.8, 4) is 0 Å². The van der Waals surface area contributed by atoms with Crippen LogP contribution in [0.2, 0.25) is 0 Å². The van der Waals surface area contributed by atoms with Crippen LogP contribution in [0.1, 0.15) is 15.9 Å². The fraction of sp³-hybridized carbons (Fsp3) is 0.118. The Morgan fingerprint density at radius 2 is 2.04 bits per heavy atom. The third-order valence-electron chi connectivity index (χ3n) is 3.65. The molecule has 0 atom stereocenters. The molecule has 5 nitrogen and oxygen atoms in total. The van der Waals surface area contributed by atoms with Crippen molar-refractivity contribution >= 4 is 38.6 Å². The van der Waals surface area contributed by atoms with Gasteiger partial charge in [0.05, 0.1) is 0 Å². The molecule has 0 fully saturated rings. The van der Waals surface area contributed by atoms with Gasteiger partial charge in [-0.2, -0.15) is 0 Å². The first-order valence-corrected chi connectivity index (χ1v) is 7.79. The quantitative estimate of drug-likeness (QED) is 0.751. The number of amides is 1. The highest BCUT2D eigenvalue weighted by atomic mass is 79.9. The Balaban J connectivity index is 2.04. The molecule has 0 aliphatic rings. The number of nitrogens with one attached hydrogen (secondary N) is 1. The lowest BCUT2D eigenvalue weighted by Gasteiger charge is -2.10. The number of aryl methyl sites for hydroxylation is 2. The SMILES string of the molecule is Cc1cc(Br)ccc1NC(=O)c1cc2cccnc2n(C)c1=O. The average Bonchev–Trinajstić information content (AvgIpc) is 2.53. The maximum Gasteiger partial charge on any atom is 0.264 e. The smallest absolute Gasteiger partial charge is 0.264 e. The molecule has 0 aliphatic heterocycles. The molecule has 2 heterocycles. The van der Waals surface area contributed by atoms with Crippen LogP contribution in [0, 0.1) is 6.92 Å². The monoisotopic (exact) mass is 371 g/mol. The van der Waals surface area contributed by atoms with Gasteiger partial charge in [-0.15, -0.1) is 0 Å². The van der Waals surface area contributed by atoms with E-state index in [0.29, 0.717) is 11.3 Å². The number of aromatic nitrogens is 2. The van der Waals surface area contributed by atoms with E-state index in [4.69, 9.17) is 0 Å². The summed E-state index contributed by atoms with van der Waals surface area (Å²) in [7, 11) is 1.61. The lowest BCUT2D eigenvalue weighted by Crippen LogP contribution is -2.28. The van der Waals surface area contributed by atoms with E-state index in [1.54, 1.807) is 31.4 Å². The summed E-state index contributed by atoms with van der Waals surface area (Å²) < 4.78 is 2.32. The summed E-state index contributed by atoms with van der Waals surface area (Å²) in [6.07, 6.45) is 1.62. The molecule has 3 aromatic rings. The zero-order valence-electron chi connectivity index (χ0n) is 12.6. The van der Waals surface area contributed by atoms with E-state index in [1.165, 1.54) is 4.57 Å². The van der Waals surface area contributed by atoms with Crippen molar-refractivity contribution in [2.75, 3.05) is 5.32 Å². The highest BCUT2D eigenvalue weighted by Gasteiger charge is 2.15. The number of carbonyl (C=O) groups excluding carboxylic acids is 1. The molecule has 0 spiro atoms. The van der Waals surface area contributed by atoms with Gasteiger partial charge < -0.3 is 5.32 Å². The normalized spacial score (nSPS) is 10.7. The molecule has 23 heavy (non-hydrogen) atoms. The summed E-state index contributed by atoms with van der Waals surface area (Å²) in [6.45, 7) is 1.89. The number of carbonyl (C=O) groups is 1. The number of nitrogens with zero attached hydrogens (tertiary/aromatic N) is 2. The standard InChI is InChI=1S/C17H14BrN3O2/c1-10-8-12(18)5-6-14(10)20-16(22)13-9-11-4-3-7-19-15(11)21(2)17(13)23/h3-9H,1-2H3,(H,20,22). The van der Waals surface area contributed by atoms with Crippen LogP contribution in [0.5, 0.6) is 0 Å². The van der Waals surface area contributed by atoms with E-state index >= 15 is 0 Å². The second-order valence-corrected chi connectivity index (χ2v) is 6.17. The predicted octanol–water partition coefficient (Wildman–Crippen LogP) is 3.26. The van der Waals surface area contributed by atoms with Gasteiger partial charge in [0.25, 0.3) is 11.5 Å². The molecule has 1 N–H and O–H groups in total. The van der Waals surface area contributed by atoms with Gasteiger partial charge in [-0.05, 0) is 48.9 Å². The molecule has 0 saturated carbocycles. The number of anilines is 1. The van der Waals surface area contributed by atoms with Gasteiger partial charge in [-0.25, -0.2) is 4.98 Å². The highest BCUT2D eigenvalue weighted by Crippen LogP contribution is 2.20. The molecule has 2 aromatic heterocycles. The first-order chi connectivity index (χ1) is 11.0. The van der Waals surface area contributed by atoms with Crippen molar-refractivity contribution in [2.45, 2.75) is 6.92 Å². The summed E-state index contributed by atoms with van der Waals surface area (Å²) in [6, 6.07) is 10.7. The highest BCUT2D eigenvalue weighted by molar-refractivity contribution is 9.10. The zero-order chi connectivity index (χ0) is 16.6. The van der Waals surface area contributed by atoms with Crippen molar-refractivity contribution in [3.05, 3.63) is 68.5 Å². The van der Waals surface area contributed by atoms with Gasteiger partial charge >= 0.3 is 0 Å². The Bertz CT molecular complexity index is 979.